The molecule has 0 unspecified atom stereocenters. The highest BCUT2D eigenvalue weighted by Gasteiger charge is 2.68. The summed E-state index contributed by atoms with van der Waals surface area (Å²) < 4.78 is 5.25. The Balaban J connectivity index is 1.38. The number of rotatable bonds is 6. The molecule has 0 saturated carbocycles. The number of carbonyl (C=O) groups excluding carboxylic acids is 3. The number of para-hydroxylation sites is 1. The van der Waals surface area contributed by atoms with Crippen LogP contribution in [-0.4, -0.2) is 36.0 Å². The average Bonchev–Trinajstić information content (AvgIpc) is 3.31. The topological polar surface area (TPSA) is 131 Å². The quantitative estimate of drug-likeness (QED) is 0.138. The monoisotopic (exact) mass is 606 g/mol. The van der Waals surface area contributed by atoms with Gasteiger partial charge in [0.1, 0.15) is 5.75 Å². The predicted molar refractivity (Wildman–Crippen MR) is 162 cm³/mol. The van der Waals surface area contributed by atoms with Gasteiger partial charge in [-0.1, -0.05) is 72.3 Å². The number of carbonyl (C=O) groups is 3. The zero-order valence-electron chi connectivity index (χ0n) is 23.1. The molecule has 1 saturated heterocycles. The zero-order valence-corrected chi connectivity index (χ0v) is 23.9. The summed E-state index contributed by atoms with van der Waals surface area (Å²) in [7, 11) is 1.35. The number of amides is 3. The van der Waals surface area contributed by atoms with Crippen molar-refractivity contribution in [1.82, 2.24) is 5.43 Å². The number of halogens is 1. The van der Waals surface area contributed by atoms with Gasteiger partial charge in [0.05, 0.1) is 45.6 Å². The third-order valence-electron chi connectivity index (χ3n) is 8.85. The minimum atomic E-state index is -1.23. The Kier molecular flexibility index (Phi) is 6.33. The molecule has 10 nitrogen and oxygen atoms in total. The maximum Gasteiger partial charge on any atom is 0.275 e. The van der Waals surface area contributed by atoms with Gasteiger partial charge in [-0.05, 0) is 40.5 Å². The molecular formula is C33H23ClN4O6. The summed E-state index contributed by atoms with van der Waals surface area (Å²) in [5.74, 6) is -3.40. The molecule has 218 valence electrons. The van der Waals surface area contributed by atoms with E-state index in [2.05, 4.69) is 10.5 Å². The first kappa shape index (κ1) is 27.5. The van der Waals surface area contributed by atoms with Gasteiger partial charge >= 0.3 is 0 Å². The average molecular weight is 607 g/mol. The Morgan fingerprint density at radius 2 is 1.61 bits per heavy atom. The summed E-state index contributed by atoms with van der Waals surface area (Å²) in [6.45, 7) is 0. The summed E-state index contributed by atoms with van der Waals surface area (Å²) in [5, 5.41) is 16.0. The van der Waals surface area contributed by atoms with Crippen molar-refractivity contribution in [3.63, 3.8) is 0 Å². The normalized spacial score (nSPS) is 22.9. The Hall–Kier alpha value is -5.35. The number of imide groups is 1. The lowest BCUT2D eigenvalue weighted by Crippen LogP contribution is -2.54. The van der Waals surface area contributed by atoms with Crippen LogP contribution in [0.4, 0.5) is 11.4 Å². The zero-order chi connectivity index (χ0) is 30.7. The van der Waals surface area contributed by atoms with E-state index < -0.39 is 34.0 Å². The molecule has 0 spiro atoms. The number of nitrogens with one attached hydrogen (secondary N) is 1. The molecule has 4 aromatic rings. The maximum absolute atomic E-state index is 14.4. The number of hydrogen-bond acceptors (Lipinski definition) is 7. The van der Waals surface area contributed by atoms with Crippen LogP contribution in [0.2, 0.25) is 5.02 Å². The number of methoxy groups -OCH3 is 1. The van der Waals surface area contributed by atoms with Crippen molar-refractivity contribution in [3.8, 4) is 5.75 Å². The number of ether oxygens (including phenoxy) is 1. The molecule has 0 aromatic heterocycles. The molecule has 0 radical (unpaired) electrons. The van der Waals surface area contributed by atoms with E-state index in [0.717, 1.165) is 28.3 Å². The predicted octanol–water partition coefficient (Wildman–Crippen LogP) is 5.22. The summed E-state index contributed by atoms with van der Waals surface area (Å²) in [6.07, 6.45) is 1.51. The van der Waals surface area contributed by atoms with Crippen molar-refractivity contribution in [2.45, 2.75) is 11.3 Å². The molecule has 1 N–H and O–H groups in total. The van der Waals surface area contributed by atoms with Crippen LogP contribution in [0.3, 0.4) is 0 Å². The highest BCUT2D eigenvalue weighted by Crippen LogP contribution is 2.63. The lowest BCUT2D eigenvalue weighted by Gasteiger charge is -2.52. The number of nitro benzene ring substituents is 1. The van der Waals surface area contributed by atoms with E-state index in [1.165, 1.54) is 30.4 Å². The lowest BCUT2D eigenvalue weighted by atomic mass is 9.47. The molecule has 2 bridgehead atoms. The van der Waals surface area contributed by atoms with Crippen LogP contribution in [0, 0.1) is 22.0 Å². The Morgan fingerprint density at radius 3 is 2.25 bits per heavy atom. The fourth-order valence-electron chi connectivity index (χ4n) is 7.16. The number of hydrazone groups is 1. The first-order valence-electron chi connectivity index (χ1n) is 13.8. The molecule has 4 aromatic carbocycles. The van der Waals surface area contributed by atoms with E-state index >= 15 is 0 Å². The Bertz CT molecular complexity index is 1890. The molecule has 3 amide bonds. The largest absolute Gasteiger partial charge is 0.496 e. The molecule has 4 aliphatic rings. The number of benzene rings is 4. The van der Waals surface area contributed by atoms with Crippen LogP contribution in [0.1, 0.15) is 38.5 Å². The minimum absolute atomic E-state index is 0.0839. The summed E-state index contributed by atoms with van der Waals surface area (Å²) >= 11 is 6.49. The number of nitrogens with zero attached hydrogens (tertiary/aromatic N) is 3. The van der Waals surface area contributed by atoms with Crippen LogP contribution in [-0.2, 0) is 15.0 Å². The van der Waals surface area contributed by atoms with E-state index in [1.54, 1.807) is 24.3 Å². The first-order valence-corrected chi connectivity index (χ1v) is 14.2. The molecule has 11 heteroatoms. The van der Waals surface area contributed by atoms with Gasteiger partial charge in [0.25, 0.3) is 11.6 Å². The van der Waals surface area contributed by atoms with E-state index in [0.29, 0.717) is 5.69 Å². The first-order chi connectivity index (χ1) is 21.3. The second-order valence-electron chi connectivity index (χ2n) is 10.8. The van der Waals surface area contributed by atoms with E-state index in [9.17, 15) is 24.5 Å². The van der Waals surface area contributed by atoms with Crippen molar-refractivity contribution in [2.75, 3.05) is 12.0 Å². The SMILES string of the molecule is COc1ccc([N+](=O)[O-])cc1C(=O)N/N=C\C12c3ccccc3C(c3ccccc31)[C@@H]1C(=O)N(c3ccccc3Cl)C(=O)[C@H]12. The van der Waals surface area contributed by atoms with E-state index in [4.69, 9.17) is 16.3 Å². The second-order valence-corrected chi connectivity index (χ2v) is 11.2. The van der Waals surface area contributed by atoms with E-state index in [-0.39, 0.29) is 33.8 Å². The van der Waals surface area contributed by atoms with Gasteiger partial charge < -0.3 is 4.74 Å². The van der Waals surface area contributed by atoms with Crippen LogP contribution < -0.4 is 15.1 Å². The second kappa shape index (κ2) is 10.1. The van der Waals surface area contributed by atoms with E-state index in [1.807, 2.05) is 48.5 Å². The van der Waals surface area contributed by atoms with Crippen molar-refractivity contribution >= 4 is 46.9 Å². The maximum atomic E-state index is 14.4. The van der Waals surface area contributed by atoms with Gasteiger partial charge in [-0.2, -0.15) is 5.10 Å². The summed E-state index contributed by atoms with van der Waals surface area (Å²) in [5.41, 5.74) is 4.59. The third-order valence-corrected chi connectivity index (χ3v) is 9.17. The van der Waals surface area contributed by atoms with Crippen LogP contribution >= 0.6 is 11.6 Å². The van der Waals surface area contributed by atoms with Gasteiger partial charge in [-0.25, -0.2) is 10.3 Å². The molecule has 1 heterocycles. The van der Waals surface area contributed by atoms with Gasteiger partial charge in [-0.15, -0.1) is 0 Å². The van der Waals surface area contributed by atoms with Gasteiger partial charge in [-0.3, -0.25) is 24.5 Å². The minimum Gasteiger partial charge on any atom is -0.496 e. The Labute approximate surface area is 256 Å². The molecular weight excluding hydrogens is 584 g/mol. The fraction of sp³-hybridized carbons (Fsp3) is 0.152. The standard InChI is InChI=1S/C33H23ClN4O6/c1-44-26-15-14-18(38(42)43)16-21(26)30(39)36-35-17-33-22-10-4-2-8-19(22)27(20-9-3-5-11-23(20)33)28-29(33)32(41)37(31(28)40)25-13-7-6-12-24(25)34/h2-17,27-29H,1H3,(H,36,39)/b35-17-/t27?,28-,29-,33?/m0/s1. The number of nitro groups is 1. The van der Waals surface area contributed by atoms with Crippen LogP contribution in [0.25, 0.3) is 0 Å². The van der Waals surface area contributed by atoms with Gasteiger partial charge in [0.15, 0.2) is 0 Å². The van der Waals surface area contributed by atoms with Gasteiger partial charge in [0.2, 0.25) is 11.8 Å². The van der Waals surface area contributed by atoms with Crippen molar-refractivity contribution < 1.29 is 24.0 Å². The van der Waals surface area contributed by atoms with Crippen molar-refractivity contribution in [2.24, 2.45) is 16.9 Å². The highest BCUT2D eigenvalue weighted by molar-refractivity contribution is 6.36. The summed E-state index contributed by atoms with van der Waals surface area (Å²) in [4.78, 5) is 53.9. The number of non-ortho nitro benzene ring substituents is 1. The van der Waals surface area contributed by atoms with Gasteiger partial charge in [0, 0.05) is 24.3 Å². The molecule has 2 atom stereocenters. The lowest BCUT2D eigenvalue weighted by molar-refractivity contribution is -0.384. The number of anilines is 1. The third kappa shape index (κ3) is 3.74. The summed E-state index contributed by atoms with van der Waals surface area (Å²) in [6, 6.07) is 25.7. The van der Waals surface area contributed by atoms with Crippen LogP contribution in [0.5, 0.6) is 5.75 Å². The fourth-order valence-corrected chi connectivity index (χ4v) is 7.38. The molecule has 8 rings (SSSR count). The number of hydrogen-bond donors (Lipinski definition) is 1. The molecule has 1 aliphatic heterocycles. The molecule has 44 heavy (non-hydrogen) atoms. The molecule has 3 aliphatic carbocycles. The highest BCUT2D eigenvalue weighted by atomic mass is 35.5. The Morgan fingerprint density at radius 1 is 0.977 bits per heavy atom. The van der Waals surface area contributed by atoms with Crippen molar-refractivity contribution in [3.05, 3.63) is 134 Å². The molecule has 1 fully saturated rings. The van der Waals surface area contributed by atoms with Crippen LogP contribution in [0.15, 0.2) is 96.1 Å². The van der Waals surface area contributed by atoms with Crippen molar-refractivity contribution in [1.29, 1.82) is 0 Å². The smallest absolute Gasteiger partial charge is 0.275 e.